The lowest BCUT2D eigenvalue weighted by molar-refractivity contribution is -0.141. The van der Waals surface area contributed by atoms with E-state index in [4.69, 9.17) is 4.74 Å². The maximum absolute atomic E-state index is 13.9. The maximum Gasteiger partial charge on any atom is 0.242 e. The van der Waals surface area contributed by atoms with Gasteiger partial charge in [-0.1, -0.05) is 12.1 Å². The highest BCUT2D eigenvalue weighted by Crippen LogP contribution is 2.21. The Labute approximate surface area is 104 Å². The molecule has 1 fully saturated rings. The number of nitrogens with one attached hydrogen (secondary N) is 1. The van der Waals surface area contributed by atoms with E-state index in [0.717, 1.165) is 0 Å². The highest BCUT2D eigenvalue weighted by atomic mass is 19.1. The molecule has 2 rings (SSSR count). The molecule has 0 radical (unpaired) electrons. The second-order valence-electron chi connectivity index (χ2n) is 3.96. The Hall–Kier alpha value is -2.11. The summed E-state index contributed by atoms with van der Waals surface area (Å²) in [7, 11) is 1.38. The number of nitrogens with zero attached hydrogens (tertiary/aromatic N) is 1. The van der Waals surface area contributed by atoms with Crippen molar-refractivity contribution in [2.24, 2.45) is 0 Å². The van der Waals surface area contributed by atoms with E-state index >= 15 is 0 Å². The van der Waals surface area contributed by atoms with E-state index < -0.39 is 5.82 Å². The van der Waals surface area contributed by atoms with Gasteiger partial charge < -0.3 is 15.0 Å². The van der Waals surface area contributed by atoms with Gasteiger partial charge in [-0.3, -0.25) is 9.59 Å². The maximum atomic E-state index is 13.9. The van der Waals surface area contributed by atoms with E-state index in [9.17, 15) is 14.0 Å². The molecule has 5 nitrogen and oxygen atoms in total. The number of carbonyl (C=O) groups excluding carboxylic acids is 2. The number of ether oxygens (including phenoxy) is 1. The summed E-state index contributed by atoms with van der Waals surface area (Å²) in [5.41, 5.74) is 0.331. The summed E-state index contributed by atoms with van der Waals surface area (Å²) < 4.78 is 18.8. The van der Waals surface area contributed by atoms with Crippen LogP contribution in [-0.4, -0.2) is 36.9 Å². The van der Waals surface area contributed by atoms with Crippen LogP contribution in [0.4, 0.5) is 4.39 Å². The Balaban J connectivity index is 2.18. The van der Waals surface area contributed by atoms with Gasteiger partial charge in [-0.05, 0) is 6.07 Å². The van der Waals surface area contributed by atoms with Crippen molar-refractivity contribution in [3.05, 3.63) is 29.6 Å². The molecule has 2 amide bonds. The first-order chi connectivity index (χ1) is 8.61. The quantitative estimate of drug-likeness (QED) is 0.841. The predicted molar refractivity (Wildman–Crippen MR) is 61.4 cm³/mol. The van der Waals surface area contributed by atoms with Gasteiger partial charge in [0, 0.05) is 12.1 Å². The van der Waals surface area contributed by atoms with Crippen LogP contribution in [0.2, 0.25) is 0 Å². The Morgan fingerprint density at radius 2 is 2.22 bits per heavy atom. The number of benzene rings is 1. The Morgan fingerprint density at radius 3 is 2.94 bits per heavy atom. The number of rotatable bonds is 3. The molecule has 1 aliphatic rings. The van der Waals surface area contributed by atoms with Crippen LogP contribution in [-0.2, 0) is 16.1 Å². The third-order valence-corrected chi connectivity index (χ3v) is 2.75. The Bertz CT molecular complexity index is 490. The minimum Gasteiger partial charge on any atom is -0.494 e. The Morgan fingerprint density at radius 1 is 1.44 bits per heavy atom. The Kier molecular flexibility index (Phi) is 3.45. The largest absolute Gasteiger partial charge is 0.494 e. The smallest absolute Gasteiger partial charge is 0.242 e. The molecule has 1 heterocycles. The third kappa shape index (κ3) is 2.42. The first-order valence-electron chi connectivity index (χ1n) is 5.47. The van der Waals surface area contributed by atoms with Crippen LogP contribution in [0.15, 0.2) is 18.2 Å². The van der Waals surface area contributed by atoms with Gasteiger partial charge >= 0.3 is 0 Å². The van der Waals surface area contributed by atoms with Crippen LogP contribution < -0.4 is 10.1 Å². The van der Waals surface area contributed by atoms with Gasteiger partial charge in [-0.25, -0.2) is 4.39 Å². The molecule has 0 saturated carbocycles. The number of halogens is 1. The molecule has 1 aromatic rings. The van der Waals surface area contributed by atoms with Crippen molar-refractivity contribution < 1.29 is 18.7 Å². The van der Waals surface area contributed by atoms with Gasteiger partial charge in [-0.15, -0.1) is 0 Å². The van der Waals surface area contributed by atoms with E-state index in [1.54, 1.807) is 12.1 Å². The van der Waals surface area contributed by atoms with E-state index in [-0.39, 0.29) is 37.2 Å². The van der Waals surface area contributed by atoms with E-state index in [1.165, 1.54) is 18.1 Å². The zero-order chi connectivity index (χ0) is 13.1. The first-order valence-corrected chi connectivity index (χ1v) is 5.47. The summed E-state index contributed by atoms with van der Waals surface area (Å²) in [4.78, 5) is 24.1. The molecule has 1 aliphatic heterocycles. The fourth-order valence-electron chi connectivity index (χ4n) is 1.79. The van der Waals surface area contributed by atoms with Crippen molar-refractivity contribution in [1.82, 2.24) is 10.2 Å². The van der Waals surface area contributed by atoms with Crippen molar-refractivity contribution >= 4 is 11.8 Å². The molecule has 1 N–H and O–H groups in total. The number of piperazine rings is 1. The summed E-state index contributed by atoms with van der Waals surface area (Å²) in [6.07, 6.45) is 0. The number of carbonyl (C=O) groups is 2. The second-order valence-corrected chi connectivity index (χ2v) is 3.96. The minimum atomic E-state index is -0.501. The molecular formula is C12H13FN2O3. The molecule has 6 heteroatoms. The van der Waals surface area contributed by atoms with Crippen LogP contribution in [0, 0.1) is 5.82 Å². The summed E-state index contributed by atoms with van der Waals surface area (Å²) >= 11 is 0. The van der Waals surface area contributed by atoms with Gasteiger partial charge in [0.1, 0.15) is 0 Å². The molecule has 1 aromatic carbocycles. The van der Waals surface area contributed by atoms with Crippen LogP contribution in [0.5, 0.6) is 5.75 Å². The molecule has 0 atom stereocenters. The summed E-state index contributed by atoms with van der Waals surface area (Å²) in [6.45, 7) is -0.0187. The number of methoxy groups -OCH3 is 1. The van der Waals surface area contributed by atoms with E-state index in [2.05, 4.69) is 5.32 Å². The average Bonchev–Trinajstić information content (AvgIpc) is 2.36. The second kappa shape index (κ2) is 5.03. The molecule has 0 bridgehead atoms. The third-order valence-electron chi connectivity index (χ3n) is 2.75. The SMILES string of the molecule is COc1cccc(CN2CC(=O)NCC2=O)c1F. The zero-order valence-electron chi connectivity index (χ0n) is 9.90. The molecule has 0 spiro atoms. The molecular weight excluding hydrogens is 239 g/mol. The van der Waals surface area contributed by atoms with Gasteiger partial charge in [0.05, 0.1) is 20.2 Å². The zero-order valence-corrected chi connectivity index (χ0v) is 9.90. The minimum absolute atomic E-state index is 0.0373. The van der Waals surface area contributed by atoms with Crippen molar-refractivity contribution in [2.45, 2.75) is 6.54 Å². The molecule has 1 saturated heterocycles. The number of hydrogen-bond donors (Lipinski definition) is 1. The molecule has 0 aliphatic carbocycles. The molecule has 0 unspecified atom stereocenters. The van der Waals surface area contributed by atoms with Crippen molar-refractivity contribution in [3.63, 3.8) is 0 Å². The van der Waals surface area contributed by atoms with Crippen molar-refractivity contribution in [3.8, 4) is 5.75 Å². The van der Waals surface area contributed by atoms with Crippen molar-refractivity contribution in [1.29, 1.82) is 0 Å². The van der Waals surface area contributed by atoms with Crippen LogP contribution in [0.25, 0.3) is 0 Å². The molecule has 18 heavy (non-hydrogen) atoms. The number of hydrogen-bond acceptors (Lipinski definition) is 3. The summed E-state index contributed by atoms with van der Waals surface area (Å²) in [5, 5.41) is 2.44. The van der Waals surface area contributed by atoms with E-state index in [1.807, 2.05) is 0 Å². The lowest BCUT2D eigenvalue weighted by Crippen LogP contribution is -2.51. The summed E-state index contributed by atoms with van der Waals surface area (Å²) in [5.74, 6) is -0.838. The van der Waals surface area contributed by atoms with Crippen LogP contribution in [0.3, 0.4) is 0 Å². The topological polar surface area (TPSA) is 58.6 Å². The molecule has 0 aromatic heterocycles. The standard InChI is InChI=1S/C12H13FN2O3/c1-18-9-4-2-3-8(12(9)13)6-15-7-10(16)14-5-11(15)17/h2-4H,5-7H2,1H3,(H,14,16). The highest BCUT2D eigenvalue weighted by molar-refractivity contribution is 5.92. The average molecular weight is 252 g/mol. The lowest BCUT2D eigenvalue weighted by atomic mass is 10.1. The van der Waals surface area contributed by atoms with Gasteiger partial charge in [0.2, 0.25) is 11.8 Å². The van der Waals surface area contributed by atoms with Gasteiger partial charge in [0.15, 0.2) is 11.6 Å². The van der Waals surface area contributed by atoms with Gasteiger partial charge in [0.25, 0.3) is 0 Å². The number of amides is 2. The fourth-order valence-corrected chi connectivity index (χ4v) is 1.79. The lowest BCUT2D eigenvalue weighted by Gasteiger charge is -2.26. The van der Waals surface area contributed by atoms with Crippen LogP contribution >= 0.6 is 0 Å². The van der Waals surface area contributed by atoms with Crippen LogP contribution in [0.1, 0.15) is 5.56 Å². The highest BCUT2D eigenvalue weighted by Gasteiger charge is 2.24. The predicted octanol–water partition coefficient (Wildman–Crippen LogP) is 0.293. The summed E-state index contributed by atoms with van der Waals surface area (Å²) in [6, 6.07) is 4.72. The fraction of sp³-hybridized carbons (Fsp3) is 0.333. The van der Waals surface area contributed by atoms with Crippen molar-refractivity contribution in [2.75, 3.05) is 20.2 Å². The monoisotopic (exact) mass is 252 g/mol. The normalized spacial score (nSPS) is 15.6. The van der Waals surface area contributed by atoms with Gasteiger partial charge in [-0.2, -0.15) is 0 Å². The molecule has 96 valence electrons. The first kappa shape index (κ1) is 12.3. The van der Waals surface area contributed by atoms with E-state index in [0.29, 0.717) is 5.56 Å².